The van der Waals surface area contributed by atoms with E-state index in [2.05, 4.69) is 38.6 Å². The van der Waals surface area contributed by atoms with Crippen molar-refractivity contribution in [1.82, 2.24) is 20.2 Å². The van der Waals surface area contributed by atoms with E-state index >= 15 is 0 Å². The van der Waals surface area contributed by atoms with Crippen molar-refractivity contribution < 1.29 is 4.79 Å². The van der Waals surface area contributed by atoms with Gasteiger partial charge in [-0.1, -0.05) is 0 Å². The quantitative estimate of drug-likeness (QED) is 0.768. The summed E-state index contributed by atoms with van der Waals surface area (Å²) < 4.78 is 0. The summed E-state index contributed by atoms with van der Waals surface area (Å²) in [6, 6.07) is 8.07. The summed E-state index contributed by atoms with van der Waals surface area (Å²) in [5.74, 6) is -0.0356. The van der Waals surface area contributed by atoms with E-state index in [4.69, 9.17) is 0 Å². The molecule has 1 aromatic carbocycles. The zero-order valence-electron chi connectivity index (χ0n) is 13.6. The molecule has 0 bridgehead atoms. The van der Waals surface area contributed by atoms with Gasteiger partial charge in [0.05, 0.1) is 17.4 Å². The number of fused-ring (bicyclic) bond motifs is 2. The number of hydrogen-bond acceptors (Lipinski definition) is 4. The van der Waals surface area contributed by atoms with E-state index in [1.807, 2.05) is 29.5 Å². The van der Waals surface area contributed by atoms with Crippen molar-refractivity contribution in [1.29, 1.82) is 0 Å². The number of thiophene rings is 1. The largest absolute Gasteiger partial charge is 0.350 e. The van der Waals surface area contributed by atoms with E-state index in [0.717, 1.165) is 30.5 Å². The number of H-pyrrole nitrogens is 1. The number of amides is 1. The molecule has 5 nitrogen and oxygen atoms in total. The summed E-state index contributed by atoms with van der Waals surface area (Å²) >= 11 is 1.85. The number of carbonyl (C=O) groups excluding carboxylic acids is 1. The van der Waals surface area contributed by atoms with Crippen LogP contribution in [-0.4, -0.2) is 39.9 Å². The summed E-state index contributed by atoms with van der Waals surface area (Å²) in [4.78, 5) is 23.6. The van der Waals surface area contributed by atoms with E-state index in [1.54, 1.807) is 6.33 Å². The standard InChI is InChI=1S/C18H20N4OS/c1-12(22-6-4-17-14(10-22)5-7-24-17)9-19-18(23)13-2-3-15-16(8-13)21-11-20-15/h2-3,5,7-8,11-12H,4,6,9-10H2,1H3,(H,19,23)(H,20,21). The lowest BCUT2D eigenvalue weighted by molar-refractivity contribution is 0.0933. The first-order valence-corrected chi connectivity index (χ1v) is 9.09. The highest BCUT2D eigenvalue weighted by atomic mass is 32.1. The van der Waals surface area contributed by atoms with Crippen LogP contribution in [0.2, 0.25) is 0 Å². The Kier molecular flexibility index (Phi) is 4.08. The normalized spacial score (nSPS) is 16.0. The van der Waals surface area contributed by atoms with Gasteiger partial charge in [-0.3, -0.25) is 9.69 Å². The SMILES string of the molecule is CC(CNC(=O)c1ccc2nc[nH]c2c1)N1CCc2sccc2C1. The van der Waals surface area contributed by atoms with Crippen molar-refractivity contribution >= 4 is 28.3 Å². The lowest BCUT2D eigenvalue weighted by Crippen LogP contribution is -2.44. The Morgan fingerprint density at radius 1 is 1.46 bits per heavy atom. The molecule has 2 aromatic heterocycles. The van der Waals surface area contributed by atoms with E-state index in [9.17, 15) is 4.79 Å². The highest BCUT2D eigenvalue weighted by Crippen LogP contribution is 2.25. The number of aromatic nitrogens is 2. The van der Waals surface area contributed by atoms with Crippen LogP contribution < -0.4 is 5.32 Å². The van der Waals surface area contributed by atoms with Crippen LogP contribution in [0.3, 0.4) is 0 Å². The molecule has 0 saturated heterocycles. The van der Waals surface area contributed by atoms with Gasteiger partial charge in [0.1, 0.15) is 0 Å². The zero-order chi connectivity index (χ0) is 16.5. The molecule has 0 spiro atoms. The Bertz CT molecular complexity index is 869. The Hall–Kier alpha value is -2.18. The van der Waals surface area contributed by atoms with Gasteiger partial charge in [0.15, 0.2) is 0 Å². The molecular weight excluding hydrogens is 320 g/mol. The average Bonchev–Trinajstić information content (AvgIpc) is 3.26. The molecule has 124 valence electrons. The molecule has 1 aliphatic rings. The van der Waals surface area contributed by atoms with E-state index < -0.39 is 0 Å². The van der Waals surface area contributed by atoms with Gasteiger partial charge >= 0.3 is 0 Å². The maximum Gasteiger partial charge on any atom is 0.251 e. The first-order chi connectivity index (χ1) is 11.7. The molecule has 6 heteroatoms. The number of nitrogens with zero attached hydrogens (tertiary/aromatic N) is 2. The first-order valence-electron chi connectivity index (χ1n) is 8.21. The second-order valence-electron chi connectivity index (χ2n) is 6.28. The predicted octanol–water partition coefficient (Wildman–Crippen LogP) is 2.80. The van der Waals surface area contributed by atoms with Crippen LogP contribution in [0.15, 0.2) is 36.0 Å². The third-order valence-corrected chi connectivity index (χ3v) is 5.72. The monoisotopic (exact) mass is 340 g/mol. The summed E-state index contributed by atoms with van der Waals surface area (Å²) in [6.45, 7) is 4.87. The van der Waals surface area contributed by atoms with Gasteiger partial charge in [0.2, 0.25) is 0 Å². The minimum absolute atomic E-state index is 0.0356. The van der Waals surface area contributed by atoms with Crippen molar-refractivity contribution in [3.63, 3.8) is 0 Å². The highest BCUT2D eigenvalue weighted by Gasteiger charge is 2.21. The van der Waals surface area contributed by atoms with Crippen LogP contribution in [0.5, 0.6) is 0 Å². The van der Waals surface area contributed by atoms with Gasteiger partial charge in [0.25, 0.3) is 5.91 Å². The molecular formula is C18H20N4OS. The van der Waals surface area contributed by atoms with Gasteiger partial charge in [-0.2, -0.15) is 0 Å². The number of hydrogen-bond donors (Lipinski definition) is 2. The Labute approximate surface area is 144 Å². The smallest absolute Gasteiger partial charge is 0.251 e. The molecule has 2 N–H and O–H groups in total. The Morgan fingerprint density at radius 3 is 3.29 bits per heavy atom. The van der Waals surface area contributed by atoms with Crippen molar-refractivity contribution in [3.8, 4) is 0 Å². The van der Waals surface area contributed by atoms with Crippen molar-refractivity contribution in [2.75, 3.05) is 13.1 Å². The van der Waals surface area contributed by atoms with Crippen molar-refractivity contribution in [2.24, 2.45) is 0 Å². The first kappa shape index (κ1) is 15.4. The highest BCUT2D eigenvalue weighted by molar-refractivity contribution is 7.10. The number of benzene rings is 1. The van der Waals surface area contributed by atoms with Crippen LogP contribution in [0.1, 0.15) is 27.7 Å². The molecule has 1 aliphatic heterocycles. The molecule has 1 amide bonds. The minimum atomic E-state index is -0.0356. The molecule has 1 atom stereocenters. The second-order valence-corrected chi connectivity index (χ2v) is 7.28. The fourth-order valence-electron chi connectivity index (χ4n) is 3.19. The second kappa shape index (κ2) is 6.37. The zero-order valence-corrected chi connectivity index (χ0v) is 14.4. The summed E-state index contributed by atoms with van der Waals surface area (Å²) in [7, 11) is 0. The van der Waals surface area contributed by atoms with Crippen LogP contribution in [0.4, 0.5) is 0 Å². The van der Waals surface area contributed by atoms with Crippen molar-refractivity contribution in [3.05, 3.63) is 52.0 Å². The van der Waals surface area contributed by atoms with E-state index in [0.29, 0.717) is 18.2 Å². The molecule has 3 heterocycles. The molecule has 0 saturated carbocycles. The van der Waals surface area contributed by atoms with Gasteiger partial charge in [-0.15, -0.1) is 11.3 Å². The summed E-state index contributed by atoms with van der Waals surface area (Å²) in [5.41, 5.74) is 3.86. The fraction of sp³-hybridized carbons (Fsp3) is 0.333. The van der Waals surface area contributed by atoms with Gasteiger partial charge in [0, 0.05) is 36.1 Å². The van der Waals surface area contributed by atoms with Crippen LogP contribution >= 0.6 is 11.3 Å². The Morgan fingerprint density at radius 2 is 2.38 bits per heavy atom. The van der Waals surface area contributed by atoms with Crippen LogP contribution in [0, 0.1) is 0 Å². The maximum absolute atomic E-state index is 12.4. The predicted molar refractivity (Wildman–Crippen MR) is 96.3 cm³/mol. The lowest BCUT2D eigenvalue weighted by atomic mass is 10.1. The van der Waals surface area contributed by atoms with Crippen LogP contribution in [0.25, 0.3) is 11.0 Å². The summed E-state index contributed by atoms with van der Waals surface area (Å²) in [6.07, 6.45) is 2.76. The molecule has 3 aromatic rings. The third kappa shape index (κ3) is 2.95. The molecule has 1 unspecified atom stereocenters. The van der Waals surface area contributed by atoms with Crippen LogP contribution in [-0.2, 0) is 13.0 Å². The minimum Gasteiger partial charge on any atom is -0.350 e. The molecule has 0 fully saturated rings. The maximum atomic E-state index is 12.4. The lowest BCUT2D eigenvalue weighted by Gasteiger charge is -2.32. The number of nitrogens with one attached hydrogen (secondary N) is 2. The number of imidazole rings is 1. The third-order valence-electron chi connectivity index (χ3n) is 4.70. The molecule has 4 rings (SSSR count). The van der Waals surface area contributed by atoms with Gasteiger partial charge in [-0.25, -0.2) is 4.98 Å². The fourth-order valence-corrected chi connectivity index (χ4v) is 4.08. The van der Waals surface area contributed by atoms with E-state index in [-0.39, 0.29) is 5.91 Å². The number of aromatic amines is 1. The number of carbonyl (C=O) groups is 1. The average molecular weight is 340 g/mol. The molecule has 0 radical (unpaired) electrons. The van der Waals surface area contributed by atoms with Gasteiger partial charge < -0.3 is 10.3 Å². The number of rotatable bonds is 4. The van der Waals surface area contributed by atoms with E-state index in [1.165, 1.54) is 10.4 Å². The topological polar surface area (TPSA) is 61.0 Å². The molecule has 24 heavy (non-hydrogen) atoms. The van der Waals surface area contributed by atoms with Crippen molar-refractivity contribution in [2.45, 2.75) is 25.9 Å². The Balaban J connectivity index is 1.36. The summed E-state index contributed by atoms with van der Waals surface area (Å²) in [5, 5.41) is 5.23. The van der Waals surface area contributed by atoms with Gasteiger partial charge in [-0.05, 0) is 48.6 Å². The molecule has 0 aliphatic carbocycles.